The summed E-state index contributed by atoms with van der Waals surface area (Å²) >= 11 is 0. The summed E-state index contributed by atoms with van der Waals surface area (Å²) in [5, 5.41) is 4.72. The maximum atomic E-state index is 13.7. The van der Waals surface area contributed by atoms with Crippen molar-refractivity contribution in [1.29, 1.82) is 0 Å². The van der Waals surface area contributed by atoms with E-state index in [0.29, 0.717) is 24.5 Å². The summed E-state index contributed by atoms with van der Waals surface area (Å²) in [7, 11) is 0. The lowest BCUT2D eigenvalue weighted by atomic mass is 9.85. The van der Waals surface area contributed by atoms with Crippen LogP contribution in [0.4, 0.5) is 5.69 Å². The number of rotatable bonds is 6. The quantitative estimate of drug-likeness (QED) is 0.394. The minimum absolute atomic E-state index is 0.178. The molecule has 0 radical (unpaired) electrons. The van der Waals surface area contributed by atoms with Crippen LogP contribution in [0.15, 0.2) is 67.3 Å². The van der Waals surface area contributed by atoms with Crippen LogP contribution in [0.3, 0.4) is 0 Å². The van der Waals surface area contributed by atoms with E-state index in [1.807, 2.05) is 36.8 Å². The van der Waals surface area contributed by atoms with E-state index >= 15 is 0 Å². The first-order valence-corrected chi connectivity index (χ1v) is 12.6. The van der Waals surface area contributed by atoms with Crippen LogP contribution < -0.4 is 5.32 Å². The zero-order valence-electron chi connectivity index (χ0n) is 20.1. The summed E-state index contributed by atoms with van der Waals surface area (Å²) in [6.45, 7) is 2.77. The fraction of sp³-hybridized carbons (Fsp3) is 0.345. The van der Waals surface area contributed by atoms with Crippen LogP contribution in [0.1, 0.15) is 52.7 Å². The van der Waals surface area contributed by atoms with E-state index in [9.17, 15) is 4.79 Å². The number of aryl methyl sites for hydroxylation is 1. The Morgan fingerprint density at radius 2 is 1.97 bits per heavy atom. The first kappa shape index (κ1) is 21.8. The van der Waals surface area contributed by atoms with Crippen LogP contribution in [-0.4, -0.2) is 37.8 Å². The maximum absolute atomic E-state index is 13.7. The topological polar surface area (TPSA) is 73.9 Å². The first-order chi connectivity index (χ1) is 17.2. The van der Waals surface area contributed by atoms with Crippen LogP contribution in [-0.2, 0) is 13.0 Å². The van der Waals surface area contributed by atoms with Gasteiger partial charge in [-0.2, -0.15) is 0 Å². The summed E-state index contributed by atoms with van der Waals surface area (Å²) in [5.74, 6) is 0.782. The number of H-pyrrole nitrogens is 1. The lowest BCUT2D eigenvalue weighted by Crippen LogP contribution is -2.46. The molecule has 3 aromatic heterocycles. The summed E-state index contributed by atoms with van der Waals surface area (Å²) in [6.07, 6.45) is 12.9. The highest BCUT2D eigenvalue weighted by Crippen LogP contribution is 2.41. The first-order valence-electron chi connectivity index (χ1n) is 12.6. The number of nitrogens with one attached hydrogen (secondary N) is 2. The molecular weight excluding hydrogens is 434 g/mol. The van der Waals surface area contributed by atoms with Crippen molar-refractivity contribution in [2.75, 3.05) is 5.32 Å². The highest BCUT2D eigenvalue weighted by atomic mass is 16.2. The molecule has 6 heteroatoms. The number of hydrogen-bond donors (Lipinski definition) is 2. The second-order valence-corrected chi connectivity index (χ2v) is 10.1. The van der Waals surface area contributed by atoms with E-state index in [1.165, 1.54) is 10.9 Å². The van der Waals surface area contributed by atoms with Crippen molar-refractivity contribution in [3.63, 3.8) is 0 Å². The molecule has 2 bridgehead atoms. The molecule has 178 valence electrons. The molecule has 35 heavy (non-hydrogen) atoms. The molecule has 2 aliphatic heterocycles. The van der Waals surface area contributed by atoms with E-state index in [1.54, 1.807) is 6.20 Å². The molecule has 2 N–H and O–H groups in total. The summed E-state index contributed by atoms with van der Waals surface area (Å²) in [6, 6.07) is 15.0. The number of aromatic amines is 1. The number of carbonyl (C=O) groups is 1. The minimum Gasteiger partial charge on any atom is -0.381 e. The standard InChI is InChI=1S/C29H31N5O/c1-19-4-5-23(16-27(19)33-18-20-3-2-10-30-17-20)29(35)34-24-6-7-25(34)15-21(14-24)13-22-8-11-31-28-26(22)9-12-32-28/h2-5,8-12,16-17,21,24-25,33H,6-7,13-15,18H2,1H3,(H,31,32)/t24-,25-/m0/s1. The Kier molecular flexibility index (Phi) is 5.72. The molecule has 2 aliphatic rings. The van der Waals surface area contributed by atoms with Gasteiger partial charge in [0.25, 0.3) is 5.91 Å². The number of benzene rings is 1. The molecular formula is C29H31N5O. The molecule has 0 saturated carbocycles. The van der Waals surface area contributed by atoms with Crippen molar-refractivity contribution < 1.29 is 4.79 Å². The molecule has 0 spiro atoms. The number of piperidine rings is 1. The van der Waals surface area contributed by atoms with Gasteiger partial charge in [-0.05, 0) is 92.0 Å². The molecule has 6 rings (SSSR count). The zero-order chi connectivity index (χ0) is 23.8. The molecule has 1 amide bonds. The molecule has 4 aromatic rings. The molecule has 2 atom stereocenters. The normalized spacial score (nSPS) is 21.4. The zero-order valence-corrected chi connectivity index (χ0v) is 20.1. The van der Waals surface area contributed by atoms with Gasteiger partial charge in [0.05, 0.1) is 0 Å². The monoisotopic (exact) mass is 465 g/mol. The Balaban J connectivity index is 1.16. The van der Waals surface area contributed by atoms with Crippen LogP contribution in [0.2, 0.25) is 0 Å². The predicted octanol–water partition coefficient (Wildman–Crippen LogP) is 5.50. The Bertz CT molecular complexity index is 1330. The third-order valence-electron chi connectivity index (χ3n) is 7.81. The van der Waals surface area contributed by atoms with Gasteiger partial charge in [-0.25, -0.2) is 4.98 Å². The number of anilines is 1. The predicted molar refractivity (Wildman–Crippen MR) is 138 cm³/mol. The van der Waals surface area contributed by atoms with Crippen molar-refractivity contribution in [1.82, 2.24) is 19.9 Å². The van der Waals surface area contributed by atoms with Gasteiger partial charge < -0.3 is 15.2 Å². The molecule has 1 aromatic carbocycles. The highest BCUT2D eigenvalue weighted by Gasteiger charge is 2.43. The van der Waals surface area contributed by atoms with Gasteiger partial charge >= 0.3 is 0 Å². The lowest BCUT2D eigenvalue weighted by Gasteiger charge is -2.39. The SMILES string of the molecule is Cc1ccc(C(=O)N2[C@H]3CC[C@H]2CC(Cc2ccnc4[nH]ccc24)C3)cc1NCc1cccnc1. The number of aromatic nitrogens is 3. The van der Waals surface area contributed by atoms with Gasteiger partial charge in [0.2, 0.25) is 0 Å². The average molecular weight is 466 g/mol. The largest absolute Gasteiger partial charge is 0.381 e. The molecule has 2 saturated heterocycles. The third-order valence-corrected chi connectivity index (χ3v) is 7.81. The van der Waals surface area contributed by atoms with Gasteiger partial charge in [0.15, 0.2) is 0 Å². The Labute approximate surface area is 205 Å². The molecule has 6 nitrogen and oxygen atoms in total. The van der Waals surface area contributed by atoms with Gasteiger partial charge in [-0.15, -0.1) is 0 Å². The van der Waals surface area contributed by atoms with Crippen molar-refractivity contribution in [2.45, 2.75) is 57.7 Å². The van der Waals surface area contributed by atoms with Crippen LogP contribution in [0.25, 0.3) is 11.0 Å². The van der Waals surface area contributed by atoms with E-state index in [-0.39, 0.29) is 5.91 Å². The van der Waals surface area contributed by atoms with Crippen LogP contribution in [0.5, 0.6) is 0 Å². The number of nitrogens with zero attached hydrogens (tertiary/aromatic N) is 3. The lowest BCUT2D eigenvalue weighted by molar-refractivity contribution is 0.0525. The van der Waals surface area contributed by atoms with Gasteiger partial charge in [-0.3, -0.25) is 9.78 Å². The van der Waals surface area contributed by atoms with Crippen LogP contribution >= 0.6 is 0 Å². The van der Waals surface area contributed by atoms with E-state index in [4.69, 9.17) is 0 Å². The summed E-state index contributed by atoms with van der Waals surface area (Å²) < 4.78 is 0. The average Bonchev–Trinajstić information content (AvgIpc) is 3.47. The van der Waals surface area contributed by atoms with Crippen LogP contribution in [0, 0.1) is 12.8 Å². The molecule has 0 unspecified atom stereocenters. The fourth-order valence-corrected chi connectivity index (χ4v) is 6.09. The van der Waals surface area contributed by atoms with Crippen molar-refractivity contribution in [3.8, 4) is 0 Å². The number of pyridine rings is 2. The Hall–Kier alpha value is -3.67. The number of fused-ring (bicyclic) bond motifs is 3. The molecule has 5 heterocycles. The van der Waals surface area contributed by atoms with Gasteiger partial charge in [0.1, 0.15) is 5.65 Å². The number of amides is 1. The molecule has 0 aliphatic carbocycles. The highest BCUT2D eigenvalue weighted by molar-refractivity contribution is 5.96. The molecule has 2 fully saturated rings. The smallest absolute Gasteiger partial charge is 0.254 e. The Morgan fingerprint density at radius 3 is 2.77 bits per heavy atom. The second-order valence-electron chi connectivity index (χ2n) is 10.1. The summed E-state index contributed by atoms with van der Waals surface area (Å²) in [4.78, 5) is 27.7. The number of carbonyl (C=O) groups excluding carboxylic acids is 1. The van der Waals surface area contributed by atoms with Crippen molar-refractivity contribution >= 4 is 22.6 Å². The fourth-order valence-electron chi connectivity index (χ4n) is 6.09. The maximum Gasteiger partial charge on any atom is 0.254 e. The third kappa shape index (κ3) is 4.29. The van der Waals surface area contributed by atoms with Gasteiger partial charge in [0, 0.05) is 60.1 Å². The van der Waals surface area contributed by atoms with E-state index < -0.39 is 0 Å². The minimum atomic E-state index is 0.178. The summed E-state index contributed by atoms with van der Waals surface area (Å²) in [5.41, 5.74) is 6.38. The Morgan fingerprint density at radius 1 is 1.11 bits per heavy atom. The van der Waals surface area contributed by atoms with Crippen molar-refractivity contribution in [3.05, 3.63) is 89.5 Å². The number of hydrogen-bond acceptors (Lipinski definition) is 4. The van der Waals surface area contributed by atoms with Gasteiger partial charge in [-0.1, -0.05) is 12.1 Å². The van der Waals surface area contributed by atoms with E-state index in [2.05, 4.69) is 56.4 Å². The second kappa shape index (κ2) is 9.17. The van der Waals surface area contributed by atoms with E-state index in [0.717, 1.165) is 60.1 Å². The van der Waals surface area contributed by atoms with Crippen molar-refractivity contribution in [2.24, 2.45) is 5.92 Å².